The summed E-state index contributed by atoms with van der Waals surface area (Å²) in [5.74, 6) is 0.343. The molecule has 3 aliphatic rings. The number of fused-ring (bicyclic) bond motifs is 3. The molecule has 2 aromatic heterocycles. The minimum Gasteiger partial charge on any atom is -0.386 e. The smallest absolute Gasteiger partial charge is 0.225 e. The summed E-state index contributed by atoms with van der Waals surface area (Å²) in [5, 5.41) is 14.0. The maximum absolute atomic E-state index is 15.5. The van der Waals surface area contributed by atoms with Gasteiger partial charge in [-0.2, -0.15) is 0 Å². The molecule has 10 nitrogen and oxygen atoms in total. The van der Waals surface area contributed by atoms with Gasteiger partial charge in [0, 0.05) is 37.5 Å². The molecule has 2 bridgehead atoms. The van der Waals surface area contributed by atoms with Crippen molar-refractivity contribution >= 4 is 34.5 Å². The molecule has 1 saturated carbocycles. The predicted molar refractivity (Wildman–Crippen MR) is 138 cm³/mol. The summed E-state index contributed by atoms with van der Waals surface area (Å²) >= 11 is 6.48. The zero-order valence-corrected chi connectivity index (χ0v) is 22.3. The van der Waals surface area contributed by atoms with Crippen LogP contribution in [-0.2, 0) is 14.3 Å². The van der Waals surface area contributed by atoms with E-state index in [0.29, 0.717) is 42.0 Å². The summed E-state index contributed by atoms with van der Waals surface area (Å²) < 4.78 is 28.5. The van der Waals surface area contributed by atoms with Gasteiger partial charge in [-0.1, -0.05) is 11.6 Å². The lowest BCUT2D eigenvalue weighted by Crippen LogP contribution is -2.48. The fourth-order valence-corrected chi connectivity index (χ4v) is 5.73. The van der Waals surface area contributed by atoms with E-state index in [1.165, 1.54) is 12.3 Å². The minimum atomic E-state index is -0.880. The van der Waals surface area contributed by atoms with Gasteiger partial charge in [0.1, 0.15) is 17.4 Å². The molecule has 6 atom stereocenters. The van der Waals surface area contributed by atoms with E-state index >= 15 is 4.39 Å². The number of carbonyl (C=O) groups excluding carboxylic acids is 1. The van der Waals surface area contributed by atoms with Crippen LogP contribution in [0.15, 0.2) is 18.3 Å². The summed E-state index contributed by atoms with van der Waals surface area (Å²) in [6, 6.07) is 2.83. The molecule has 1 unspecified atom stereocenters. The van der Waals surface area contributed by atoms with E-state index in [4.69, 9.17) is 21.1 Å². The Hall–Kier alpha value is -2.86. The average Bonchev–Trinajstić information content (AvgIpc) is 3.40. The Morgan fingerprint density at radius 3 is 2.82 bits per heavy atom. The molecule has 1 aliphatic carbocycles. The summed E-state index contributed by atoms with van der Waals surface area (Å²) in [4.78, 5) is 27.6. The number of nitrogens with one attached hydrogen (secondary N) is 1. The van der Waals surface area contributed by atoms with Crippen LogP contribution in [-0.4, -0.2) is 80.7 Å². The fourth-order valence-electron chi connectivity index (χ4n) is 5.53. The first-order valence-corrected chi connectivity index (χ1v) is 13.2. The van der Waals surface area contributed by atoms with E-state index in [1.807, 2.05) is 24.5 Å². The molecule has 1 aromatic carbocycles. The Morgan fingerprint density at radius 2 is 2.08 bits per heavy atom. The highest BCUT2D eigenvalue weighted by Gasteiger charge is 2.48. The van der Waals surface area contributed by atoms with Crippen LogP contribution in [0.25, 0.3) is 22.3 Å². The first-order valence-electron chi connectivity index (χ1n) is 12.8. The van der Waals surface area contributed by atoms with Gasteiger partial charge in [0.2, 0.25) is 11.9 Å². The van der Waals surface area contributed by atoms with Crippen molar-refractivity contribution in [2.75, 3.05) is 26.0 Å². The van der Waals surface area contributed by atoms with Crippen LogP contribution in [0.5, 0.6) is 0 Å². The van der Waals surface area contributed by atoms with E-state index in [1.54, 1.807) is 19.0 Å². The van der Waals surface area contributed by atoms with E-state index in [-0.39, 0.29) is 52.4 Å². The molecule has 0 radical (unpaired) electrons. The molecule has 3 fully saturated rings. The molecule has 12 heteroatoms. The number of aliphatic hydroxyl groups is 1. The van der Waals surface area contributed by atoms with Crippen LogP contribution in [0.3, 0.4) is 0 Å². The lowest BCUT2D eigenvalue weighted by Gasteiger charge is -2.32. The van der Waals surface area contributed by atoms with Gasteiger partial charge in [-0.25, -0.2) is 19.3 Å². The number of halogens is 2. The quantitative estimate of drug-likeness (QED) is 0.485. The van der Waals surface area contributed by atoms with Gasteiger partial charge >= 0.3 is 0 Å². The van der Waals surface area contributed by atoms with Gasteiger partial charge in [0.05, 0.1) is 41.2 Å². The Balaban J connectivity index is 1.35. The third-order valence-electron chi connectivity index (χ3n) is 7.49. The fraction of sp³-hybridized carbons (Fsp3) is 0.538. The zero-order chi connectivity index (χ0) is 26.9. The third-order valence-corrected chi connectivity index (χ3v) is 7.76. The van der Waals surface area contributed by atoms with Crippen LogP contribution in [0.4, 0.5) is 10.3 Å². The molecule has 1 amide bonds. The highest BCUT2D eigenvalue weighted by molar-refractivity contribution is 6.33. The molecule has 6 rings (SSSR count). The number of amides is 1. The van der Waals surface area contributed by atoms with Crippen molar-refractivity contribution in [2.45, 2.75) is 63.2 Å². The largest absolute Gasteiger partial charge is 0.386 e. The summed E-state index contributed by atoms with van der Waals surface area (Å²) in [6.07, 6.45) is 1.02. The van der Waals surface area contributed by atoms with Crippen molar-refractivity contribution in [1.29, 1.82) is 0 Å². The third kappa shape index (κ3) is 4.31. The number of carbonyl (C=O) groups is 1. The van der Waals surface area contributed by atoms with Crippen molar-refractivity contribution in [3.05, 3.63) is 35.0 Å². The molecule has 38 heavy (non-hydrogen) atoms. The monoisotopic (exact) mass is 544 g/mol. The van der Waals surface area contributed by atoms with Crippen LogP contribution >= 0.6 is 11.6 Å². The lowest BCUT2D eigenvalue weighted by molar-refractivity contribution is -0.156. The van der Waals surface area contributed by atoms with Crippen molar-refractivity contribution in [2.24, 2.45) is 5.92 Å². The molecular weight excluding hydrogens is 515 g/mol. The van der Waals surface area contributed by atoms with Gasteiger partial charge in [0.25, 0.3) is 0 Å². The van der Waals surface area contributed by atoms with Gasteiger partial charge in [-0.3, -0.25) is 4.79 Å². The van der Waals surface area contributed by atoms with Crippen LogP contribution < -0.4 is 5.32 Å². The maximum Gasteiger partial charge on any atom is 0.225 e. The highest BCUT2D eigenvalue weighted by Crippen LogP contribution is 2.49. The summed E-state index contributed by atoms with van der Waals surface area (Å²) in [5.41, 5.74) is 1.71. The Morgan fingerprint density at radius 1 is 1.29 bits per heavy atom. The SMILES string of the molecule is CC(C)n1c(C2C[C@@H]2C(=O)N(C)C)nc2c(F)cc(-c3nc(N[C@@H]4C[C@H]5CO[C@H](O5)[C@H]4O)ncc3Cl)cc21. The second kappa shape index (κ2) is 9.41. The molecule has 0 spiro atoms. The lowest BCUT2D eigenvalue weighted by atomic mass is 10.0. The summed E-state index contributed by atoms with van der Waals surface area (Å²) in [6.45, 7) is 4.45. The Kier molecular flexibility index (Phi) is 6.29. The van der Waals surface area contributed by atoms with Crippen LogP contribution in [0, 0.1) is 11.7 Å². The number of rotatable bonds is 6. The molecule has 2 saturated heterocycles. The van der Waals surface area contributed by atoms with Crippen molar-refractivity contribution in [3.8, 4) is 11.3 Å². The number of imidazole rings is 1. The van der Waals surface area contributed by atoms with E-state index in [0.717, 1.165) is 0 Å². The Bertz CT molecular complexity index is 1410. The van der Waals surface area contributed by atoms with E-state index < -0.39 is 18.2 Å². The predicted octanol–water partition coefficient (Wildman–Crippen LogP) is 3.35. The number of aliphatic hydroxyl groups excluding tert-OH is 1. The minimum absolute atomic E-state index is 0.00828. The number of nitrogens with zero attached hydrogens (tertiary/aromatic N) is 5. The highest BCUT2D eigenvalue weighted by atomic mass is 35.5. The average molecular weight is 545 g/mol. The van der Waals surface area contributed by atoms with Gasteiger partial charge in [-0.05, 0) is 38.8 Å². The molecule has 2 N–H and O–H groups in total. The van der Waals surface area contributed by atoms with Gasteiger partial charge in [0.15, 0.2) is 12.1 Å². The molecule has 2 aliphatic heterocycles. The zero-order valence-electron chi connectivity index (χ0n) is 21.6. The van der Waals surface area contributed by atoms with Gasteiger partial charge < -0.3 is 29.4 Å². The number of anilines is 1. The normalized spacial score (nSPS) is 28.2. The van der Waals surface area contributed by atoms with E-state index in [9.17, 15) is 9.90 Å². The van der Waals surface area contributed by atoms with Crippen molar-refractivity contribution < 1.29 is 23.8 Å². The van der Waals surface area contributed by atoms with Crippen LogP contribution in [0.2, 0.25) is 5.02 Å². The summed E-state index contributed by atoms with van der Waals surface area (Å²) in [7, 11) is 3.48. The Labute approximate surface area is 224 Å². The first kappa shape index (κ1) is 25.4. The molecule has 3 aromatic rings. The maximum atomic E-state index is 15.5. The number of ether oxygens (including phenoxy) is 2. The van der Waals surface area contributed by atoms with Gasteiger partial charge in [-0.15, -0.1) is 0 Å². The second-order valence-electron chi connectivity index (χ2n) is 10.8. The van der Waals surface area contributed by atoms with Crippen LogP contribution in [0.1, 0.15) is 44.5 Å². The number of hydrogen-bond donors (Lipinski definition) is 2. The first-order chi connectivity index (χ1) is 18.1. The molecule has 4 heterocycles. The van der Waals surface area contributed by atoms with E-state index in [2.05, 4.69) is 20.3 Å². The number of hydrogen-bond acceptors (Lipinski definition) is 8. The topological polar surface area (TPSA) is 115 Å². The van der Waals surface area contributed by atoms with Crippen molar-refractivity contribution in [3.63, 3.8) is 0 Å². The number of aromatic nitrogens is 4. The number of benzene rings is 1. The van der Waals surface area contributed by atoms with Crippen molar-refractivity contribution in [1.82, 2.24) is 24.4 Å². The molecular formula is C26H30ClFN6O4. The standard InChI is InChI=1S/C26H30ClFN6O4/c1-11(2)34-19-6-12(5-17(28)21(19)31-23(34)14-8-15(14)24(36)33(3)4)20-16(27)9-29-26(32-20)30-18-7-13-10-37-25(38-13)22(18)35/h5-6,9,11,13-15,18,22,25,35H,7-8,10H2,1-4H3,(H,29,30,32)/t13-,14?,15-,18+,22-,25+/m0/s1. The second-order valence-corrected chi connectivity index (χ2v) is 11.2. The molecule has 202 valence electrons.